The van der Waals surface area contributed by atoms with Crippen molar-refractivity contribution in [2.45, 2.75) is 16.2 Å². The van der Waals surface area contributed by atoms with Gasteiger partial charge < -0.3 is 0 Å². The van der Waals surface area contributed by atoms with Crippen LogP contribution in [0.1, 0.15) is 6.92 Å². The standard InChI is InChI=1S/C15H11ClN4OS2/c1-8(2)13(21)18-14-19-20-15(23-14)22-12-5-6-17-11-7-9(16)3-4-10(11)12/h3-7H,1H2,2H3,(H,18,19,21). The van der Waals surface area contributed by atoms with Gasteiger partial charge in [0.25, 0.3) is 5.91 Å². The van der Waals surface area contributed by atoms with Crippen LogP contribution in [-0.2, 0) is 4.79 Å². The number of rotatable bonds is 4. The molecule has 0 radical (unpaired) electrons. The Morgan fingerprint density at radius 3 is 2.96 bits per heavy atom. The van der Waals surface area contributed by atoms with E-state index in [1.807, 2.05) is 24.3 Å². The summed E-state index contributed by atoms with van der Waals surface area (Å²) < 4.78 is 0.726. The Bertz CT molecular complexity index is 909. The summed E-state index contributed by atoms with van der Waals surface area (Å²) in [5.41, 5.74) is 1.24. The SMILES string of the molecule is C=C(C)C(=O)Nc1nnc(Sc2ccnc3cc(Cl)ccc23)s1. The highest BCUT2D eigenvalue weighted by Crippen LogP contribution is 2.36. The molecule has 5 nitrogen and oxygen atoms in total. The highest BCUT2D eigenvalue weighted by atomic mass is 35.5. The molecule has 1 N–H and O–H groups in total. The predicted molar refractivity (Wildman–Crippen MR) is 94.2 cm³/mol. The molecular formula is C15H11ClN4OS2. The van der Waals surface area contributed by atoms with Crippen LogP contribution in [0.2, 0.25) is 5.02 Å². The number of nitrogens with zero attached hydrogens (tertiary/aromatic N) is 3. The van der Waals surface area contributed by atoms with Gasteiger partial charge in [0.15, 0.2) is 4.34 Å². The van der Waals surface area contributed by atoms with Gasteiger partial charge in [-0.1, -0.05) is 47.3 Å². The summed E-state index contributed by atoms with van der Waals surface area (Å²) in [7, 11) is 0. The van der Waals surface area contributed by atoms with Crippen molar-refractivity contribution in [2.24, 2.45) is 0 Å². The number of amides is 1. The number of carbonyl (C=O) groups excluding carboxylic acids is 1. The lowest BCUT2D eigenvalue weighted by atomic mass is 10.2. The van der Waals surface area contributed by atoms with Gasteiger partial charge in [0.2, 0.25) is 5.13 Å². The summed E-state index contributed by atoms with van der Waals surface area (Å²) in [5, 5.41) is 12.8. The minimum Gasteiger partial charge on any atom is -0.297 e. The second-order valence-corrected chi connectivity index (χ2v) is 7.38. The van der Waals surface area contributed by atoms with Crippen molar-refractivity contribution in [3.8, 4) is 0 Å². The van der Waals surface area contributed by atoms with Crippen LogP contribution in [0.5, 0.6) is 0 Å². The van der Waals surface area contributed by atoms with Gasteiger partial charge in [0.1, 0.15) is 0 Å². The van der Waals surface area contributed by atoms with Crippen LogP contribution in [-0.4, -0.2) is 21.1 Å². The van der Waals surface area contributed by atoms with Crippen molar-refractivity contribution < 1.29 is 4.79 Å². The number of halogens is 1. The highest BCUT2D eigenvalue weighted by molar-refractivity contribution is 8.01. The van der Waals surface area contributed by atoms with E-state index in [0.717, 1.165) is 20.1 Å². The fraction of sp³-hybridized carbons (Fsp3) is 0.0667. The normalized spacial score (nSPS) is 10.7. The molecule has 0 aliphatic heterocycles. The maximum atomic E-state index is 11.6. The molecule has 2 heterocycles. The van der Waals surface area contributed by atoms with Crippen molar-refractivity contribution in [1.82, 2.24) is 15.2 Å². The summed E-state index contributed by atoms with van der Waals surface area (Å²) >= 11 is 8.77. The maximum absolute atomic E-state index is 11.6. The average molecular weight is 363 g/mol. The zero-order chi connectivity index (χ0) is 16.4. The zero-order valence-electron chi connectivity index (χ0n) is 12.0. The summed E-state index contributed by atoms with van der Waals surface area (Å²) in [6.45, 7) is 5.23. The molecular weight excluding hydrogens is 352 g/mol. The Labute approximate surface area is 145 Å². The molecule has 0 saturated heterocycles. The summed E-state index contributed by atoms with van der Waals surface area (Å²) in [6.07, 6.45) is 1.73. The van der Waals surface area contributed by atoms with Gasteiger partial charge >= 0.3 is 0 Å². The Morgan fingerprint density at radius 2 is 2.17 bits per heavy atom. The Hall–Kier alpha value is -1.96. The number of hydrogen-bond acceptors (Lipinski definition) is 6. The molecule has 0 bridgehead atoms. The number of pyridine rings is 1. The fourth-order valence-electron chi connectivity index (χ4n) is 1.78. The first-order valence-electron chi connectivity index (χ1n) is 6.55. The van der Waals surface area contributed by atoms with Gasteiger partial charge in [0.05, 0.1) is 5.52 Å². The van der Waals surface area contributed by atoms with Gasteiger partial charge in [0, 0.05) is 27.1 Å². The third-order valence-electron chi connectivity index (χ3n) is 2.88. The first-order chi connectivity index (χ1) is 11.0. The van der Waals surface area contributed by atoms with E-state index >= 15 is 0 Å². The lowest BCUT2D eigenvalue weighted by Crippen LogP contribution is -2.11. The van der Waals surface area contributed by atoms with E-state index < -0.39 is 0 Å². The van der Waals surface area contributed by atoms with Crippen LogP contribution >= 0.6 is 34.7 Å². The molecule has 0 aliphatic rings. The number of nitrogens with one attached hydrogen (secondary N) is 1. The number of carbonyl (C=O) groups is 1. The molecule has 0 spiro atoms. The van der Waals surface area contributed by atoms with Gasteiger partial charge in [-0.05, 0) is 25.1 Å². The van der Waals surface area contributed by atoms with Gasteiger partial charge in [-0.15, -0.1) is 10.2 Å². The van der Waals surface area contributed by atoms with Gasteiger partial charge in [-0.3, -0.25) is 15.1 Å². The number of benzene rings is 1. The van der Waals surface area contributed by atoms with E-state index in [1.54, 1.807) is 13.1 Å². The largest absolute Gasteiger partial charge is 0.297 e. The molecule has 0 saturated carbocycles. The van der Waals surface area contributed by atoms with E-state index in [-0.39, 0.29) is 5.91 Å². The molecule has 1 amide bonds. The lowest BCUT2D eigenvalue weighted by molar-refractivity contribution is -0.112. The summed E-state index contributed by atoms with van der Waals surface area (Å²) in [5.74, 6) is -0.262. The van der Waals surface area contributed by atoms with Crippen LogP contribution in [0, 0.1) is 0 Å². The first-order valence-corrected chi connectivity index (χ1v) is 8.56. The van der Waals surface area contributed by atoms with Gasteiger partial charge in [-0.25, -0.2) is 0 Å². The molecule has 23 heavy (non-hydrogen) atoms. The first kappa shape index (κ1) is 15.9. The van der Waals surface area contributed by atoms with Crippen LogP contribution in [0.25, 0.3) is 10.9 Å². The fourth-order valence-corrected chi connectivity index (χ4v) is 3.78. The zero-order valence-corrected chi connectivity index (χ0v) is 14.4. The minimum absolute atomic E-state index is 0.262. The van der Waals surface area contributed by atoms with Crippen LogP contribution in [0.4, 0.5) is 5.13 Å². The average Bonchev–Trinajstić information content (AvgIpc) is 2.94. The van der Waals surface area contributed by atoms with Crippen LogP contribution in [0.15, 0.2) is 51.8 Å². The third-order valence-corrected chi connectivity index (χ3v) is 5.08. The maximum Gasteiger partial charge on any atom is 0.252 e. The van der Waals surface area contributed by atoms with E-state index in [1.165, 1.54) is 23.1 Å². The minimum atomic E-state index is -0.262. The molecule has 0 unspecified atom stereocenters. The number of anilines is 1. The quantitative estimate of drug-likeness (QED) is 0.550. The Balaban J connectivity index is 1.84. The van der Waals surface area contributed by atoms with Gasteiger partial charge in [-0.2, -0.15) is 0 Å². The number of aromatic nitrogens is 3. The second-order valence-electron chi connectivity index (χ2n) is 4.68. The number of hydrogen-bond donors (Lipinski definition) is 1. The van der Waals surface area contributed by atoms with E-state index in [0.29, 0.717) is 15.7 Å². The molecule has 8 heteroatoms. The lowest BCUT2D eigenvalue weighted by Gasteiger charge is -2.03. The van der Waals surface area contributed by atoms with E-state index in [2.05, 4.69) is 27.1 Å². The molecule has 1 aromatic carbocycles. The Morgan fingerprint density at radius 1 is 1.35 bits per heavy atom. The van der Waals surface area contributed by atoms with Crippen molar-refractivity contribution in [1.29, 1.82) is 0 Å². The van der Waals surface area contributed by atoms with Crippen molar-refractivity contribution in [3.63, 3.8) is 0 Å². The highest BCUT2D eigenvalue weighted by Gasteiger charge is 2.11. The summed E-state index contributed by atoms with van der Waals surface area (Å²) in [4.78, 5) is 16.9. The molecule has 0 aliphatic carbocycles. The van der Waals surface area contributed by atoms with Crippen molar-refractivity contribution in [2.75, 3.05) is 5.32 Å². The van der Waals surface area contributed by atoms with E-state index in [9.17, 15) is 4.79 Å². The van der Waals surface area contributed by atoms with Crippen LogP contribution in [0.3, 0.4) is 0 Å². The van der Waals surface area contributed by atoms with Crippen LogP contribution < -0.4 is 5.32 Å². The Kier molecular flexibility index (Phi) is 4.61. The topological polar surface area (TPSA) is 67.8 Å². The molecule has 3 rings (SSSR count). The van der Waals surface area contributed by atoms with Crippen molar-refractivity contribution >= 4 is 56.6 Å². The van der Waals surface area contributed by atoms with Crippen molar-refractivity contribution in [3.05, 3.63) is 47.6 Å². The third kappa shape index (κ3) is 3.69. The predicted octanol–water partition coefficient (Wildman–Crippen LogP) is 4.41. The number of fused-ring (bicyclic) bond motifs is 1. The molecule has 116 valence electrons. The monoisotopic (exact) mass is 362 g/mol. The molecule has 0 atom stereocenters. The van der Waals surface area contributed by atoms with E-state index in [4.69, 9.17) is 11.6 Å². The smallest absolute Gasteiger partial charge is 0.252 e. The summed E-state index contributed by atoms with van der Waals surface area (Å²) in [6, 6.07) is 7.49. The second kappa shape index (κ2) is 6.66. The molecule has 3 aromatic rings. The molecule has 0 fully saturated rings. The molecule has 2 aromatic heterocycles.